The van der Waals surface area contributed by atoms with Gasteiger partial charge >= 0.3 is 0 Å². The molecule has 3 N–H and O–H groups in total. The first-order valence-electron chi connectivity index (χ1n) is 20.4. The molecule has 19 atom stereocenters. The molecule has 0 amide bonds. The van der Waals surface area contributed by atoms with Crippen molar-refractivity contribution in [2.45, 2.75) is 195 Å². The number of Topliss-reactive ketones (excluding diaryl/α,β-unsaturated/α-hetero) is 1. The van der Waals surface area contributed by atoms with Gasteiger partial charge in [-0.05, 0) is 86.7 Å². The largest absolute Gasteiger partial charge is 0.392 e. The van der Waals surface area contributed by atoms with Crippen molar-refractivity contribution in [3.63, 3.8) is 0 Å². The summed E-state index contributed by atoms with van der Waals surface area (Å²) in [7, 11) is 0. The van der Waals surface area contributed by atoms with Gasteiger partial charge in [-0.25, -0.2) is 0 Å². The van der Waals surface area contributed by atoms with E-state index in [0.717, 1.165) is 69.8 Å². The van der Waals surface area contributed by atoms with Crippen LogP contribution in [0, 0.1) is 23.7 Å². The number of ether oxygens (including phenoxy) is 7. The molecule has 10 saturated heterocycles. The number of aliphatic hydroxyl groups is 1. The molecule has 0 saturated carbocycles. The predicted octanol–water partition coefficient (Wildman–Crippen LogP) is 4.72. The molecule has 10 aliphatic rings. The minimum atomic E-state index is -0.638. The Bertz CT molecular complexity index is 1360. The van der Waals surface area contributed by atoms with Gasteiger partial charge in [-0.3, -0.25) is 4.79 Å². The van der Waals surface area contributed by atoms with E-state index in [1.54, 1.807) is 0 Å². The number of carbonyl (C=O) groups excluding carboxylic acids is 1. The topological polar surface area (TPSA) is 128 Å². The Morgan fingerprint density at radius 1 is 0.765 bits per heavy atom. The molecular formula is C41H61NO9. The van der Waals surface area contributed by atoms with Gasteiger partial charge in [-0.1, -0.05) is 27.0 Å². The Morgan fingerprint density at radius 3 is 2.39 bits per heavy atom. The van der Waals surface area contributed by atoms with Crippen LogP contribution in [-0.2, 0) is 38.0 Å². The number of nitrogens with two attached hydrogens (primary N) is 1. The zero-order valence-electron chi connectivity index (χ0n) is 30.7. The van der Waals surface area contributed by atoms with Gasteiger partial charge in [0, 0.05) is 44.6 Å². The van der Waals surface area contributed by atoms with Gasteiger partial charge in [0.1, 0.15) is 18.0 Å². The standard InChI is InChI=1S/C41H61NO9/c1-20-11-26-5-7-31-21(2)12-28(45-31)9-10-41-17-30-37-32(49-40-38(30)50-36(18-41)39(40)51-41)8-6-27(47-37)13-24(43)14-29-23(4)33(15-25(44)19-42)48-35(29)16-34(46-26)22(20)3/h20,23,25-40,44H,2-3,5-19,42H2,1,4H3/t20-,23-,25+,26?,27?,28+,29-,30+,31+,32+,33-,34-,35?,36-,37-,38+,39+,40-,41?/m1/s1. The third-order valence-corrected chi connectivity index (χ3v) is 14.8. The summed E-state index contributed by atoms with van der Waals surface area (Å²) >= 11 is 0. The van der Waals surface area contributed by atoms with E-state index in [2.05, 4.69) is 27.0 Å². The van der Waals surface area contributed by atoms with Crippen molar-refractivity contribution in [2.75, 3.05) is 6.54 Å². The first-order chi connectivity index (χ1) is 24.6. The number of fused-ring (bicyclic) bond motifs is 6. The van der Waals surface area contributed by atoms with Crippen molar-refractivity contribution in [3.8, 4) is 0 Å². The second kappa shape index (κ2) is 13.8. The molecule has 0 aromatic heterocycles. The van der Waals surface area contributed by atoms with Crippen molar-refractivity contribution >= 4 is 5.78 Å². The fraction of sp³-hybridized carbons (Fsp3) is 0.878. The van der Waals surface area contributed by atoms with E-state index in [0.29, 0.717) is 31.6 Å². The van der Waals surface area contributed by atoms with Crippen LogP contribution in [0.1, 0.15) is 104 Å². The van der Waals surface area contributed by atoms with E-state index in [-0.39, 0.29) is 115 Å². The van der Waals surface area contributed by atoms with Crippen LogP contribution in [0.5, 0.6) is 0 Å². The number of ketones is 1. The molecule has 10 fully saturated rings. The van der Waals surface area contributed by atoms with E-state index in [1.807, 2.05) is 0 Å². The van der Waals surface area contributed by atoms with E-state index in [9.17, 15) is 9.90 Å². The minimum absolute atomic E-state index is 0.00848. The quantitative estimate of drug-likeness (QED) is 0.397. The summed E-state index contributed by atoms with van der Waals surface area (Å²) in [5, 5.41) is 10.5. The van der Waals surface area contributed by atoms with E-state index < -0.39 is 6.10 Å². The molecule has 0 aromatic carbocycles. The maximum Gasteiger partial charge on any atom is 0.135 e. The van der Waals surface area contributed by atoms with Crippen LogP contribution in [-0.4, -0.2) is 108 Å². The van der Waals surface area contributed by atoms with Gasteiger partial charge in [0.05, 0.1) is 78.8 Å². The molecule has 10 nitrogen and oxygen atoms in total. The number of hydrogen-bond acceptors (Lipinski definition) is 10. The Kier molecular flexibility index (Phi) is 9.62. The summed E-state index contributed by atoms with van der Waals surface area (Å²) in [6.45, 7) is 13.6. The lowest BCUT2D eigenvalue weighted by atomic mass is 9.73. The summed E-state index contributed by atoms with van der Waals surface area (Å²) in [5.41, 5.74) is 7.86. The van der Waals surface area contributed by atoms with E-state index in [4.69, 9.17) is 38.9 Å². The molecule has 0 aliphatic carbocycles. The highest BCUT2D eigenvalue weighted by molar-refractivity contribution is 5.79. The Morgan fingerprint density at radius 2 is 1.55 bits per heavy atom. The van der Waals surface area contributed by atoms with Crippen LogP contribution in [0.25, 0.3) is 0 Å². The smallest absolute Gasteiger partial charge is 0.135 e. The van der Waals surface area contributed by atoms with Gasteiger partial charge in [-0.15, -0.1) is 0 Å². The summed E-state index contributed by atoms with van der Waals surface area (Å²) in [6, 6.07) is 0. The van der Waals surface area contributed by atoms with Gasteiger partial charge in [0.2, 0.25) is 0 Å². The van der Waals surface area contributed by atoms with Gasteiger partial charge in [0.25, 0.3) is 0 Å². The molecular weight excluding hydrogens is 650 g/mol. The van der Waals surface area contributed by atoms with Crippen LogP contribution in [0.2, 0.25) is 0 Å². The lowest BCUT2D eigenvalue weighted by Gasteiger charge is -2.48. The molecule has 0 aromatic rings. The first kappa shape index (κ1) is 35.5. The van der Waals surface area contributed by atoms with Crippen molar-refractivity contribution < 1.29 is 43.1 Å². The van der Waals surface area contributed by atoms with Crippen molar-refractivity contribution in [1.82, 2.24) is 0 Å². The molecule has 10 rings (SSSR count). The number of carbonyl (C=O) groups is 1. The summed E-state index contributed by atoms with van der Waals surface area (Å²) < 4.78 is 47.6. The average molecular weight is 712 g/mol. The monoisotopic (exact) mass is 711 g/mol. The summed E-state index contributed by atoms with van der Waals surface area (Å²) in [4.78, 5) is 14.0. The van der Waals surface area contributed by atoms with Gasteiger partial charge in [0.15, 0.2) is 0 Å². The number of rotatable bonds is 3. The Labute approximate surface area is 303 Å². The fourth-order valence-corrected chi connectivity index (χ4v) is 12.0. The van der Waals surface area contributed by atoms with Crippen LogP contribution in [0.3, 0.4) is 0 Å². The van der Waals surface area contributed by atoms with Crippen molar-refractivity contribution in [1.29, 1.82) is 0 Å². The van der Waals surface area contributed by atoms with E-state index in [1.165, 1.54) is 5.57 Å². The molecule has 4 unspecified atom stereocenters. The SMILES string of the molecule is C=C1C[C@@H]2CCC34C[C@H]5[C@H]6OC(CC[C@@H]6O[C@H]6[C@@H](O3)[C@@H](C4)O[C@@H]56)CC(=O)C[C@H]3C(C[C@H]4OC(CC[C@@H]1O2)C[C@@H](C)C4=C)O[C@H](C[C@H](O)CN)[C@@H]3C. The molecule has 284 valence electrons. The van der Waals surface area contributed by atoms with Crippen LogP contribution >= 0.6 is 0 Å². The minimum Gasteiger partial charge on any atom is -0.392 e. The average Bonchev–Trinajstić information content (AvgIpc) is 3.77. The maximum absolute atomic E-state index is 14.0. The Hall–Kier alpha value is -1.21. The summed E-state index contributed by atoms with van der Waals surface area (Å²) in [6.07, 6.45) is 9.83. The zero-order chi connectivity index (χ0) is 35.2. The van der Waals surface area contributed by atoms with Crippen LogP contribution < -0.4 is 5.73 Å². The highest BCUT2D eigenvalue weighted by Gasteiger charge is 2.67. The van der Waals surface area contributed by atoms with Crippen LogP contribution in [0.4, 0.5) is 0 Å². The lowest BCUT2D eigenvalue weighted by molar-refractivity contribution is -0.237. The molecule has 10 heterocycles. The highest BCUT2D eigenvalue weighted by atomic mass is 16.6. The number of hydrogen-bond donors (Lipinski definition) is 2. The number of aliphatic hydroxyl groups excluding tert-OH is 1. The Balaban J connectivity index is 0.986. The van der Waals surface area contributed by atoms with Crippen molar-refractivity contribution in [2.24, 2.45) is 29.4 Å². The molecule has 51 heavy (non-hydrogen) atoms. The third kappa shape index (κ3) is 6.54. The second-order valence-corrected chi connectivity index (χ2v) is 18.1. The molecule has 10 heteroatoms. The van der Waals surface area contributed by atoms with E-state index >= 15 is 0 Å². The predicted molar refractivity (Wildman–Crippen MR) is 188 cm³/mol. The van der Waals surface area contributed by atoms with Gasteiger partial charge < -0.3 is 44.0 Å². The molecule has 12 bridgehead atoms. The molecule has 1 spiro atoms. The normalized spacial score (nSPS) is 53.2. The molecule has 0 radical (unpaired) electrons. The second-order valence-electron chi connectivity index (χ2n) is 18.1. The van der Waals surface area contributed by atoms with Crippen molar-refractivity contribution in [3.05, 3.63) is 24.3 Å². The summed E-state index contributed by atoms with van der Waals surface area (Å²) in [5.74, 6) is 0.829. The maximum atomic E-state index is 14.0. The molecule has 10 aliphatic heterocycles. The zero-order valence-corrected chi connectivity index (χ0v) is 30.7. The fourth-order valence-electron chi connectivity index (χ4n) is 12.0. The lowest BCUT2D eigenvalue weighted by Crippen LogP contribution is -2.58. The van der Waals surface area contributed by atoms with Gasteiger partial charge in [-0.2, -0.15) is 0 Å². The first-order valence-corrected chi connectivity index (χ1v) is 20.4. The third-order valence-electron chi connectivity index (χ3n) is 14.8. The van der Waals surface area contributed by atoms with Crippen LogP contribution in [0.15, 0.2) is 24.3 Å². The highest BCUT2D eigenvalue weighted by Crippen LogP contribution is 2.57.